The molecule has 1 aromatic carbocycles. The molecule has 0 atom stereocenters. The summed E-state index contributed by atoms with van der Waals surface area (Å²) >= 11 is 1.42. The molecule has 1 heterocycles. The number of nitrogens with zero attached hydrogens (tertiary/aromatic N) is 1. The topological polar surface area (TPSA) is 77.2 Å². The molecule has 3 N–H and O–H groups in total. The number of carbonyl (C=O) groups excluding carboxylic acids is 1. The van der Waals surface area contributed by atoms with E-state index >= 15 is 0 Å². The second-order valence-corrected chi connectivity index (χ2v) is 6.60. The van der Waals surface area contributed by atoms with Gasteiger partial charge in [-0.05, 0) is 30.0 Å². The number of aromatic nitrogens is 1. The first-order valence-corrected chi connectivity index (χ1v) is 8.55. The number of nitrogens with two attached hydrogens (primary N) is 1. The Kier molecular flexibility index (Phi) is 6.12. The number of carbonyl (C=O) groups is 1. The molecule has 2 rings (SSSR count). The Morgan fingerprint density at radius 2 is 2.22 bits per heavy atom. The Morgan fingerprint density at radius 1 is 1.43 bits per heavy atom. The molecule has 1 aromatic heterocycles. The highest BCUT2D eigenvalue weighted by Crippen LogP contribution is 2.28. The minimum atomic E-state index is -0.198. The third kappa shape index (κ3) is 4.77. The van der Waals surface area contributed by atoms with Crippen molar-refractivity contribution in [2.75, 3.05) is 13.1 Å². The Hall–Kier alpha value is -1.92. The monoisotopic (exact) mass is 333 g/mol. The summed E-state index contributed by atoms with van der Waals surface area (Å²) in [4.78, 5) is 16.1. The molecule has 0 saturated heterocycles. The summed E-state index contributed by atoms with van der Waals surface area (Å²) in [5, 5.41) is 5.22. The molecule has 124 valence electrons. The first-order chi connectivity index (χ1) is 11.0. The zero-order valence-electron chi connectivity index (χ0n) is 13.8. The number of ether oxygens (including phenoxy) is 1. The molecule has 5 nitrogen and oxygen atoms in total. The highest BCUT2D eigenvalue weighted by molar-refractivity contribution is 7.09. The summed E-state index contributed by atoms with van der Waals surface area (Å²) in [5.41, 5.74) is 8.11. The summed E-state index contributed by atoms with van der Waals surface area (Å²) in [6.45, 7) is 7.54. The molecule has 6 heteroatoms. The summed E-state index contributed by atoms with van der Waals surface area (Å²) in [6, 6.07) is 6.23. The van der Waals surface area contributed by atoms with E-state index in [4.69, 9.17) is 10.5 Å². The molecule has 0 saturated carbocycles. The third-order valence-corrected chi connectivity index (χ3v) is 4.18. The fourth-order valence-corrected chi connectivity index (χ4v) is 2.83. The molecule has 0 radical (unpaired) electrons. The Bertz CT molecular complexity index is 668. The van der Waals surface area contributed by atoms with E-state index in [-0.39, 0.29) is 5.91 Å². The summed E-state index contributed by atoms with van der Waals surface area (Å²) in [7, 11) is 0. The lowest BCUT2D eigenvalue weighted by Crippen LogP contribution is -2.29. The smallest absolute Gasteiger partial charge is 0.270 e. The highest BCUT2D eigenvalue weighted by Gasteiger charge is 2.12. The van der Waals surface area contributed by atoms with E-state index in [0.29, 0.717) is 31.3 Å². The third-order valence-electron chi connectivity index (χ3n) is 3.36. The largest absolute Gasteiger partial charge is 0.486 e. The molecule has 2 aromatic rings. The maximum Gasteiger partial charge on any atom is 0.270 e. The van der Waals surface area contributed by atoms with E-state index in [1.54, 1.807) is 5.38 Å². The van der Waals surface area contributed by atoms with Gasteiger partial charge in [-0.15, -0.1) is 11.3 Å². The SMILES string of the molecule is Cc1ccc(C(C)C)c(OCc2nc(C(=O)NCCN)cs2)c1. The Morgan fingerprint density at radius 3 is 2.91 bits per heavy atom. The number of hydrogen-bond donors (Lipinski definition) is 2. The van der Waals surface area contributed by atoms with E-state index in [9.17, 15) is 4.79 Å². The number of rotatable bonds is 7. The van der Waals surface area contributed by atoms with Gasteiger partial charge >= 0.3 is 0 Å². The summed E-state index contributed by atoms with van der Waals surface area (Å²) in [5.74, 6) is 1.07. The molecular weight excluding hydrogens is 310 g/mol. The van der Waals surface area contributed by atoms with Crippen LogP contribution in [0.3, 0.4) is 0 Å². The van der Waals surface area contributed by atoms with Crippen LogP contribution in [0, 0.1) is 6.92 Å². The van der Waals surface area contributed by atoms with Crippen LogP contribution in [0.5, 0.6) is 5.75 Å². The predicted octanol–water partition coefficient (Wildman–Crippen LogP) is 2.84. The van der Waals surface area contributed by atoms with Gasteiger partial charge in [0.25, 0.3) is 5.91 Å². The van der Waals surface area contributed by atoms with Crippen molar-refractivity contribution in [3.63, 3.8) is 0 Å². The summed E-state index contributed by atoms with van der Waals surface area (Å²) < 4.78 is 5.94. The Balaban J connectivity index is 2.03. The van der Waals surface area contributed by atoms with Crippen LogP contribution in [-0.2, 0) is 6.61 Å². The van der Waals surface area contributed by atoms with Crippen molar-refractivity contribution in [1.29, 1.82) is 0 Å². The zero-order chi connectivity index (χ0) is 16.8. The normalized spacial score (nSPS) is 10.8. The minimum Gasteiger partial charge on any atom is -0.486 e. The van der Waals surface area contributed by atoms with Crippen LogP contribution < -0.4 is 15.8 Å². The van der Waals surface area contributed by atoms with Gasteiger partial charge in [-0.1, -0.05) is 26.0 Å². The molecule has 1 amide bonds. The lowest BCUT2D eigenvalue weighted by molar-refractivity contribution is 0.0950. The maximum absolute atomic E-state index is 11.8. The van der Waals surface area contributed by atoms with Crippen LogP contribution in [-0.4, -0.2) is 24.0 Å². The van der Waals surface area contributed by atoms with Gasteiger partial charge in [-0.3, -0.25) is 4.79 Å². The van der Waals surface area contributed by atoms with Crippen LogP contribution in [0.4, 0.5) is 0 Å². The maximum atomic E-state index is 11.8. The van der Waals surface area contributed by atoms with Crippen molar-refractivity contribution in [1.82, 2.24) is 10.3 Å². The molecule has 0 aliphatic rings. The number of thiazole rings is 1. The van der Waals surface area contributed by atoms with Crippen molar-refractivity contribution < 1.29 is 9.53 Å². The molecule has 0 spiro atoms. The van der Waals surface area contributed by atoms with Crippen LogP contribution in [0.2, 0.25) is 0 Å². The molecule has 0 unspecified atom stereocenters. The fourth-order valence-electron chi connectivity index (χ4n) is 2.14. The van der Waals surface area contributed by atoms with Crippen LogP contribution >= 0.6 is 11.3 Å². The van der Waals surface area contributed by atoms with E-state index in [1.165, 1.54) is 16.9 Å². The van der Waals surface area contributed by atoms with Gasteiger partial charge in [0, 0.05) is 18.5 Å². The van der Waals surface area contributed by atoms with Crippen molar-refractivity contribution in [2.24, 2.45) is 5.73 Å². The second kappa shape index (κ2) is 8.08. The standard InChI is InChI=1S/C17H23N3O2S/c1-11(2)13-5-4-12(3)8-15(13)22-9-16-20-14(10-23-16)17(21)19-7-6-18/h4-5,8,10-11H,6-7,9,18H2,1-3H3,(H,19,21). The molecular formula is C17H23N3O2S. The van der Waals surface area contributed by atoms with Crippen LogP contribution in [0.15, 0.2) is 23.6 Å². The number of aryl methyl sites for hydroxylation is 1. The lowest BCUT2D eigenvalue weighted by Gasteiger charge is -2.14. The summed E-state index contributed by atoms with van der Waals surface area (Å²) in [6.07, 6.45) is 0. The average Bonchev–Trinajstić information content (AvgIpc) is 2.99. The zero-order valence-corrected chi connectivity index (χ0v) is 14.6. The van der Waals surface area contributed by atoms with Gasteiger partial charge in [0.2, 0.25) is 0 Å². The van der Waals surface area contributed by atoms with Gasteiger partial charge in [-0.25, -0.2) is 4.98 Å². The number of benzene rings is 1. The first kappa shape index (κ1) is 17.4. The van der Waals surface area contributed by atoms with E-state index in [1.807, 2.05) is 13.0 Å². The van der Waals surface area contributed by atoms with Gasteiger partial charge in [0.1, 0.15) is 23.1 Å². The van der Waals surface area contributed by atoms with Crippen molar-refractivity contribution in [2.45, 2.75) is 33.3 Å². The number of hydrogen-bond acceptors (Lipinski definition) is 5. The molecule has 0 aliphatic heterocycles. The van der Waals surface area contributed by atoms with Crippen molar-refractivity contribution >= 4 is 17.2 Å². The van der Waals surface area contributed by atoms with Crippen molar-refractivity contribution in [3.8, 4) is 5.75 Å². The number of nitrogens with one attached hydrogen (secondary N) is 1. The van der Waals surface area contributed by atoms with Gasteiger partial charge in [0.05, 0.1) is 0 Å². The molecule has 0 aliphatic carbocycles. The van der Waals surface area contributed by atoms with E-state index in [0.717, 1.165) is 16.3 Å². The van der Waals surface area contributed by atoms with Crippen LogP contribution in [0.25, 0.3) is 0 Å². The predicted molar refractivity (Wildman–Crippen MR) is 93.1 cm³/mol. The number of amides is 1. The quantitative estimate of drug-likeness (QED) is 0.817. The average molecular weight is 333 g/mol. The minimum absolute atomic E-state index is 0.198. The van der Waals surface area contributed by atoms with Gasteiger partial charge in [-0.2, -0.15) is 0 Å². The fraction of sp³-hybridized carbons (Fsp3) is 0.412. The Labute approximate surface area is 140 Å². The van der Waals surface area contributed by atoms with E-state index < -0.39 is 0 Å². The van der Waals surface area contributed by atoms with Crippen LogP contribution in [0.1, 0.15) is 46.4 Å². The van der Waals surface area contributed by atoms with Crippen molar-refractivity contribution in [3.05, 3.63) is 45.4 Å². The highest BCUT2D eigenvalue weighted by atomic mass is 32.1. The molecule has 23 heavy (non-hydrogen) atoms. The van der Waals surface area contributed by atoms with Gasteiger partial charge < -0.3 is 15.8 Å². The molecule has 0 fully saturated rings. The first-order valence-electron chi connectivity index (χ1n) is 7.67. The molecule has 0 bridgehead atoms. The van der Waals surface area contributed by atoms with Gasteiger partial charge in [0.15, 0.2) is 0 Å². The second-order valence-electron chi connectivity index (χ2n) is 5.66. The van der Waals surface area contributed by atoms with E-state index in [2.05, 4.69) is 36.3 Å². The lowest BCUT2D eigenvalue weighted by atomic mass is 10.0.